The average Bonchev–Trinajstić information content (AvgIpc) is 2.45. The van der Waals surface area contributed by atoms with Crippen LogP contribution in [0.3, 0.4) is 0 Å². The smallest absolute Gasteiger partial charge is 0.191 e. The minimum Gasteiger partial charge on any atom is -0.379 e. The molecule has 0 spiro atoms. The van der Waals surface area contributed by atoms with Gasteiger partial charge in [-0.15, -0.1) is 0 Å². The topological polar surface area (TPSA) is 60.1 Å². The van der Waals surface area contributed by atoms with Gasteiger partial charge in [-0.1, -0.05) is 20.3 Å². The fraction of sp³-hybridized carbons (Fsp3) is 0.933. The maximum atomic E-state index is 6.00. The summed E-state index contributed by atoms with van der Waals surface area (Å²) in [6.07, 6.45) is 4.80. The Morgan fingerprint density at radius 3 is 2.70 bits per heavy atom. The van der Waals surface area contributed by atoms with Gasteiger partial charge in [0.2, 0.25) is 0 Å². The molecule has 0 saturated carbocycles. The third kappa shape index (κ3) is 7.70. The molecular formula is C15H31N3O2. The van der Waals surface area contributed by atoms with Crippen LogP contribution in [0, 0.1) is 5.92 Å². The Labute approximate surface area is 123 Å². The summed E-state index contributed by atoms with van der Waals surface area (Å²) in [6.45, 7) is 9.87. The van der Waals surface area contributed by atoms with Gasteiger partial charge in [0, 0.05) is 19.7 Å². The summed E-state index contributed by atoms with van der Waals surface area (Å²) in [4.78, 5) is 6.57. The first-order chi connectivity index (χ1) is 9.74. The van der Waals surface area contributed by atoms with E-state index < -0.39 is 0 Å². The van der Waals surface area contributed by atoms with Crippen LogP contribution in [0.4, 0.5) is 0 Å². The summed E-state index contributed by atoms with van der Waals surface area (Å²) in [5, 5.41) is 0. The van der Waals surface area contributed by atoms with Crippen molar-refractivity contribution in [3.8, 4) is 0 Å². The summed E-state index contributed by atoms with van der Waals surface area (Å²) < 4.78 is 10.9. The maximum absolute atomic E-state index is 6.00. The standard InChI is InChI=1S/C15H31N3O2/c1-3-4-9-19-11-12-20-10-7-17-15(16)18-8-5-6-14(2)13-18/h14H,3-13H2,1-2H3,(H2,16,17). The van der Waals surface area contributed by atoms with E-state index in [0.717, 1.165) is 26.1 Å². The number of guanidine groups is 1. The Bertz CT molecular complexity index is 272. The van der Waals surface area contributed by atoms with Crippen LogP contribution in [0.25, 0.3) is 0 Å². The zero-order chi connectivity index (χ0) is 14.6. The van der Waals surface area contributed by atoms with E-state index >= 15 is 0 Å². The van der Waals surface area contributed by atoms with Crippen molar-refractivity contribution >= 4 is 5.96 Å². The molecule has 1 rings (SSSR count). The van der Waals surface area contributed by atoms with Crippen molar-refractivity contribution in [1.82, 2.24) is 4.90 Å². The van der Waals surface area contributed by atoms with Crippen LogP contribution >= 0.6 is 0 Å². The highest BCUT2D eigenvalue weighted by molar-refractivity contribution is 5.78. The molecule has 0 aliphatic carbocycles. The number of likely N-dealkylation sites (tertiary alicyclic amines) is 1. The molecule has 20 heavy (non-hydrogen) atoms. The van der Waals surface area contributed by atoms with E-state index in [4.69, 9.17) is 15.2 Å². The summed E-state index contributed by atoms with van der Waals surface area (Å²) in [5.41, 5.74) is 6.00. The first-order valence-electron chi connectivity index (χ1n) is 7.94. The number of nitrogens with zero attached hydrogens (tertiary/aromatic N) is 2. The lowest BCUT2D eigenvalue weighted by atomic mass is 10.0. The predicted molar refractivity (Wildman–Crippen MR) is 83.0 cm³/mol. The van der Waals surface area contributed by atoms with Crippen LogP contribution in [-0.4, -0.2) is 56.9 Å². The van der Waals surface area contributed by atoms with Crippen molar-refractivity contribution in [3.05, 3.63) is 0 Å². The zero-order valence-electron chi connectivity index (χ0n) is 13.1. The second kappa shape index (κ2) is 10.9. The molecule has 1 unspecified atom stereocenters. The van der Waals surface area contributed by atoms with Crippen molar-refractivity contribution in [1.29, 1.82) is 0 Å². The number of aliphatic imine (C=N–C) groups is 1. The van der Waals surface area contributed by atoms with Crippen LogP contribution in [-0.2, 0) is 9.47 Å². The van der Waals surface area contributed by atoms with Crippen LogP contribution in [0.15, 0.2) is 4.99 Å². The minimum absolute atomic E-state index is 0.612. The molecule has 0 radical (unpaired) electrons. The molecule has 118 valence electrons. The summed E-state index contributed by atoms with van der Waals surface area (Å²) in [6, 6.07) is 0. The lowest BCUT2D eigenvalue weighted by Gasteiger charge is -2.31. The van der Waals surface area contributed by atoms with E-state index in [1.54, 1.807) is 0 Å². The highest BCUT2D eigenvalue weighted by atomic mass is 16.5. The van der Waals surface area contributed by atoms with Gasteiger partial charge in [-0.25, -0.2) is 0 Å². The van der Waals surface area contributed by atoms with E-state index in [1.165, 1.54) is 19.3 Å². The normalized spacial score (nSPS) is 20.4. The lowest BCUT2D eigenvalue weighted by Crippen LogP contribution is -2.43. The number of rotatable bonds is 9. The molecule has 1 fully saturated rings. The largest absolute Gasteiger partial charge is 0.379 e. The van der Waals surface area contributed by atoms with Crippen molar-refractivity contribution in [2.45, 2.75) is 39.5 Å². The van der Waals surface area contributed by atoms with Gasteiger partial charge in [-0.05, 0) is 25.2 Å². The molecule has 1 aliphatic heterocycles. The van der Waals surface area contributed by atoms with Crippen molar-refractivity contribution < 1.29 is 9.47 Å². The molecular weight excluding hydrogens is 254 g/mol. The number of piperidine rings is 1. The summed E-state index contributed by atoms with van der Waals surface area (Å²) in [7, 11) is 0. The molecule has 1 aliphatic rings. The van der Waals surface area contributed by atoms with E-state index in [9.17, 15) is 0 Å². The molecule has 1 heterocycles. The SMILES string of the molecule is CCCCOCCOCCN=C(N)N1CCCC(C)C1. The third-order valence-electron chi connectivity index (χ3n) is 3.50. The van der Waals surface area contributed by atoms with Crippen LogP contribution in [0.1, 0.15) is 39.5 Å². The fourth-order valence-corrected chi connectivity index (χ4v) is 2.29. The first kappa shape index (κ1) is 17.2. The first-order valence-corrected chi connectivity index (χ1v) is 7.94. The number of hydrogen-bond donors (Lipinski definition) is 1. The summed E-state index contributed by atoms with van der Waals surface area (Å²) >= 11 is 0. The van der Waals surface area contributed by atoms with Crippen LogP contribution in [0.2, 0.25) is 0 Å². The van der Waals surface area contributed by atoms with Crippen molar-refractivity contribution in [3.63, 3.8) is 0 Å². The Balaban J connectivity index is 2.00. The molecule has 1 atom stereocenters. The Kier molecular flexibility index (Phi) is 9.41. The van der Waals surface area contributed by atoms with Gasteiger partial charge < -0.3 is 20.1 Å². The van der Waals surface area contributed by atoms with Gasteiger partial charge in [0.25, 0.3) is 0 Å². The van der Waals surface area contributed by atoms with E-state index in [1.807, 2.05) is 0 Å². The van der Waals surface area contributed by atoms with Gasteiger partial charge in [0.05, 0.1) is 26.4 Å². The second-order valence-electron chi connectivity index (χ2n) is 5.51. The van der Waals surface area contributed by atoms with Crippen LogP contribution < -0.4 is 5.73 Å². The van der Waals surface area contributed by atoms with E-state index in [2.05, 4.69) is 23.7 Å². The highest BCUT2D eigenvalue weighted by Gasteiger charge is 2.17. The molecule has 0 amide bonds. The quantitative estimate of drug-likeness (QED) is 0.399. The maximum Gasteiger partial charge on any atom is 0.191 e. The second-order valence-corrected chi connectivity index (χ2v) is 5.51. The van der Waals surface area contributed by atoms with E-state index in [-0.39, 0.29) is 0 Å². The van der Waals surface area contributed by atoms with E-state index in [0.29, 0.717) is 38.2 Å². The molecule has 1 saturated heterocycles. The molecule has 5 heteroatoms. The van der Waals surface area contributed by atoms with Gasteiger partial charge in [0.15, 0.2) is 5.96 Å². The number of unbranched alkanes of at least 4 members (excludes halogenated alkanes) is 1. The van der Waals surface area contributed by atoms with Gasteiger partial charge >= 0.3 is 0 Å². The van der Waals surface area contributed by atoms with Crippen molar-refractivity contribution in [2.24, 2.45) is 16.6 Å². The monoisotopic (exact) mass is 285 g/mol. The minimum atomic E-state index is 0.612. The predicted octanol–water partition coefficient (Wildman–Crippen LogP) is 1.87. The average molecular weight is 285 g/mol. The molecule has 0 aromatic carbocycles. The number of hydrogen-bond acceptors (Lipinski definition) is 3. The fourth-order valence-electron chi connectivity index (χ4n) is 2.29. The highest BCUT2D eigenvalue weighted by Crippen LogP contribution is 2.14. The molecule has 5 nitrogen and oxygen atoms in total. The van der Waals surface area contributed by atoms with Gasteiger partial charge in [-0.3, -0.25) is 4.99 Å². The molecule has 2 N–H and O–H groups in total. The molecule has 0 aromatic heterocycles. The van der Waals surface area contributed by atoms with Crippen molar-refractivity contribution in [2.75, 3.05) is 46.1 Å². The number of ether oxygens (including phenoxy) is 2. The van der Waals surface area contributed by atoms with Crippen LogP contribution in [0.5, 0.6) is 0 Å². The van der Waals surface area contributed by atoms with Gasteiger partial charge in [-0.2, -0.15) is 0 Å². The molecule has 0 aromatic rings. The number of nitrogens with two attached hydrogens (primary N) is 1. The Morgan fingerprint density at radius 2 is 2.00 bits per heavy atom. The Hall–Kier alpha value is -0.810. The van der Waals surface area contributed by atoms with Gasteiger partial charge in [0.1, 0.15) is 0 Å². The summed E-state index contributed by atoms with van der Waals surface area (Å²) in [5.74, 6) is 1.38. The Morgan fingerprint density at radius 1 is 1.25 bits per heavy atom. The third-order valence-corrected chi connectivity index (χ3v) is 3.50. The molecule has 0 bridgehead atoms. The lowest BCUT2D eigenvalue weighted by molar-refractivity contribution is 0.0497. The zero-order valence-corrected chi connectivity index (χ0v) is 13.1.